The van der Waals surface area contributed by atoms with Crippen molar-refractivity contribution < 1.29 is 0 Å². The van der Waals surface area contributed by atoms with Gasteiger partial charge in [0, 0.05) is 29.0 Å². The van der Waals surface area contributed by atoms with Gasteiger partial charge in [-0.05, 0) is 89.0 Å². The van der Waals surface area contributed by atoms with E-state index >= 15 is 0 Å². The third-order valence-electron chi connectivity index (χ3n) is 8.05. The van der Waals surface area contributed by atoms with E-state index in [1.54, 1.807) is 0 Å². The molecule has 0 spiro atoms. The summed E-state index contributed by atoms with van der Waals surface area (Å²) in [4.78, 5) is 14.4. The Balaban J connectivity index is 1.30. The van der Waals surface area contributed by atoms with Gasteiger partial charge in [0.1, 0.15) is 0 Å². The first-order chi connectivity index (χ1) is 20.7. The summed E-state index contributed by atoms with van der Waals surface area (Å²) in [6, 6.07) is 44.6. The van der Waals surface area contributed by atoms with Gasteiger partial charge in [0.15, 0.2) is 0 Å². The molecule has 4 nitrogen and oxygen atoms in total. The zero-order valence-electron chi connectivity index (χ0n) is 23.1. The molecule has 198 valence electrons. The quantitative estimate of drug-likeness (QED) is 0.224. The number of benzene rings is 4. The molecule has 4 aromatic carbocycles. The lowest BCUT2D eigenvalue weighted by Gasteiger charge is -2.13. The van der Waals surface area contributed by atoms with Crippen LogP contribution in [-0.4, -0.2) is 19.5 Å². The lowest BCUT2D eigenvalue weighted by molar-refractivity contribution is 1.17. The van der Waals surface area contributed by atoms with Gasteiger partial charge in [-0.3, -0.25) is 9.97 Å². The summed E-state index contributed by atoms with van der Waals surface area (Å²) < 4.78 is 2.28. The fourth-order valence-corrected chi connectivity index (χ4v) is 6.02. The van der Waals surface area contributed by atoms with E-state index in [2.05, 4.69) is 125 Å². The van der Waals surface area contributed by atoms with Gasteiger partial charge >= 0.3 is 0 Å². The number of nitrogens with zero attached hydrogens (tertiary/aromatic N) is 4. The minimum Gasteiger partial charge on any atom is -0.308 e. The SMILES string of the molecule is Cc1ccc(-c2cc(-c3ccc(-n4c5ccccc5c5ncccc54)cc3)nc(-c3ccccn3)c2)c2ccccc12. The minimum absolute atomic E-state index is 0.852. The summed E-state index contributed by atoms with van der Waals surface area (Å²) in [6.07, 6.45) is 3.68. The van der Waals surface area contributed by atoms with Crippen LogP contribution < -0.4 is 0 Å². The second-order valence-corrected chi connectivity index (χ2v) is 10.6. The second kappa shape index (κ2) is 9.79. The van der Waals surface area contributed by atoms with Crippen LogP contribution >= 0.6 is 0 Å². The lowest BCUT2D eigenvalue weighted by atomic mass is 9.94. The molecule has 0 amide bonds. The maximum Gasteiger partial charge on any atom is 0.0963 e. The Morgan fingerprint density at radius 2 is 1.21 bits per heavy atom. The molecule has 0 atom stereocenters. The molecular formula is C38H26N4. The first-order valence-electron chi connectivity index (χ1n) is 14.1. The van der Waals surface area contributed by atoms with Crippen molar-refractivity contribution in [3.05, 3.63) is 145 Å². The maximum atomic E-state index is 5.11. The van der Waals surface area contributed by atoms with Gasteiger partial charge in [0.05, 0.1) is 33.6 Å². The molecule has 0 aliphatic carbocycles. The topological polar surface area (TPSA) is 43.6 Å². The van der Waals surface area contributed by atoms with Crippen LogP contribution in [0.2, 0.25) is 0 Å². The number of rotatable bonds is 4. The highest BCUT2D eigenvalue weighted by Gasteiger charge is 2.15. The highest BCUT2D eigenvalue weighted by molar-refractivity contribution is 6.07. The lowest BCUT2D eigenvalue weighted by Crippen LogP contribution is -1.95. The molecule has 0 aliphatic rings. The van der Waals surface area contributed by atoms with Crippen molar-refractivity contribution >= 4 is 32.7 Å². The van der Waals surface area contributed by atoms with E-state index in [0.717, 1.165) is 55.8 Å². The Kier molecular flexibility index (Phi) is 5.64. The predicted octanol–water partition coefficient (Wildman–Crippen LogP) is 9.43. The molecule has 0 saturated carbocycles. The van der Waals surface area contributed by atoms with Crippen molar-refractivity contribution in [3.8, 4) is 39.5 Å². The summed E-state index contributed by atoms with van der Waals surface area (Å²) in [5.74, 6) is 0. The molecule has 0 bridgehead atoms. The zero-order chi connectivity index (χ0) is 28.0. The van der Waals surface area contributed by atoms with E-state index < -0.39 is 0 Å². The smallest absolute Gasteiger partial charge is 0.0963 e. The van der Waals surface area contributed by atoms with Crippen molar-refractivity contribution in [1.29, 1.82) is 0 Å². The van der Waals surface area contributed by atoms with Crippen LogP contribution in [0.4, 0.5) is 0 Å². The van der Waals surface area contributed by atoms with E-state index in [-0.39, 0.29) is 0 Å². The van der Waals surface area contributed by atoms with E-state index in [0.29, 0.717) is 0 Å². The summed E-state index contributed by atoms with van der Waals surface area (Å²) in [5.41, 5.74) is 11.6. The molecule has 8 aromatic rings. The van der Waals surface area contributed by atoms with Crippen LogP contribution in [0.1, 0.15) is 5.56 Å². The van der Waals surface area contributed by atoms with E-state index in [1.165, 1.54) is 21.9 Å². The number of pyridine rings is 3. The van der Waals surface area contributed by atoms with Gasteiger partial charge in [-0.1, -0.05) is 72.8 Å². The van der Waals surface area contributed by atoms with Crippen molar-refractivity contribution in [2.24, 2.45) is 0 Å². The Morgan fingerprint density at radius 1 is 0.500 bits per heavy atom. The van der Waals surface area contributed by atoms with Crippen LogP contribution in [0.5, 0.6) is 0 Å². The van der Waals surface area contributed by atoms with Crippen molar-refractivity contribution in [3.63, 3.8) is 0 Å². The van der Waals surface area contributed by atoms with Gasteiger partial charge in [-0.2, -0.15) is 0 Å². The minimum atomic E-state index is 0.852. The highest BCUT2D eigenvalue weighted by Crippen LogP contribution is 2.36. The number of fused-ring (bicyclic) bond motifs is 4. The molecule has 0 aliphatic heterocycles. The van der Waals surface area contributed by atoms with Crippen molar-refractivity contribution in [1.82, 2.24) is 19.5 Å². The molecule has 8 rings (SSSR count). The van der Waals surface area contributed by atoms with Crippen molar-refractivity contribution in [2.75, 3.05) is 0 Å². The Hall–Kier alpha value is -5.61. The standard InChI is InChI=1S/C38H26N4/c1-25-15-20-30(31-10-3-2-9-29(25)31)27-23-34(41-35(24-27)33-12-6-7-21-39-33)26-16-18-28(19-17-26)42-36-13-5-4-11-32(36)38-37(42)14-8-22-40-38/h2-24H,1H3. The number of para-hydroxylation sites is 1. The fourth-order valence-electron chi connectivity index (χ4n) is 6.02. The second-order valence-electron chi connectivity index (χ2n) is 10.6. The third-order valence-corrected chi connectivity index (χ3v) is 8.05. The predicted molar refractivity (Wildman–Crippen MR) is 173 cm³/mol. The van der Waals surface area contributed by atoms with Gasteiger partial charge in [-0.15, -0.1) is 0 Å². The highest BCUT2D eigenvalue weighted by atomic mass is 15.0. The maximum absolute atomic E-state index is 5.11. The first kappa shape index (κ1) is 24.2. The first-order valence-corrected chi connectivity index (χ1v) is 14.1. The number of aryl methyl sites for hydroxylation is 1. The van der Waals surface area contributed by atoms with Gasteiger partial charge in [0.2, 0.25) is 0 Å². The number of hydrogen-bond donors (Lipinski definition) is 0. The molecule has 0 N–H and O–H groups in total. The Morgan fingerprint density at radius 3 is 2.05 bits per heavy atom. The normalized spacial score (nSPS) is 11.5. The molecule has 4 heteroatoms. The van der Waals surface area contributed by atoms with Crippen LogP contribution in [-0.2, 0) is 0 Å². The van der Waals surface area contributed by atoms with Crippen LogP contribution in [0, 0.1) is 6.92 Å². The molecule has 42 heavy (non-hydrogen) atoms. The monoisotopic (exact) mass is 538 g/mol. The van der Waals surface area contributed by atoms with Gasteiger partial charge in [-0.25, -0.2) is 4.98 Å². The van der Waals surface area contributed by atoms with E-state index in [9.17, 15) is 0 Å². The number of hydrogen-bond acceptors (Lipinski definition) is 3. The fraction of sp³-hybridized carbons (Fsp3) is 0.0263. The van der Waals surface area contributed by atoms with Crippen LogP contribution in [0.15, 0.2) is 140 Å². The molecule has 0 saturated heterocycles. The molecule has 0 unspecified atom stereocenters. The van der Waals surface area contributed by atoms with Crippen LogP contribution in [0.25, 0.3) is 72.2 Å². The van der Waals surface area contributed by atoms with Crippen LogP contribution in [0.3, 0.4) is 0 Å². The summed E-state index contributed by atoms with van der Waals surface area (Å²) in [7, 11) is 0. The average molecular weight is 539 g/mol. The van der Waals surface area contributed by atoms with E-state index in [4.69, 9.17) is 4.98 Å². The number of aromatic nitrogens is 4. The molecule has 0 radical (unpaired) electrons. The third kappa shape index (κ3) is 3.96. The molecular weight excluding hydrogens is 512 g/mol. The molecule has 4 heterocycles. The largest absolute Gasteiger partial charge is 0.308 e. The Bertz CT molecular complexity index is 2190. The summed E-state index contributed by atoms with van der Waals surface area (Å²) >= 11 is 0. The van der Waals surface area contributed by atoms with Gasteiger partial charge in [0.25, 0.3) is 0 Å². The summed E-state index contributed by atoms with van der Waals surface area (Å²) in [6.45, 7) is 2.16. The molecule has 4 aromatic heterocycles. The zero-order valence-corrected chi connectivity index (χ0v) is 23.1. The van der Waals surface area contributed by atoms with Gasteiger partial charge < -0.3 is 4.57 Å². The molecule has 0 fully saturated rings. The Labute approximate surface area is 243 Å². The summed E-state index contributed by atoms with van der Waals surface area (Å²) in [5, 5.41) is 3.64. The average Bonchev–Trinajstić information content (AvgIpc) is 3.40. The van der Waals surface area contributed by atoms with Crippen molar-refractivity contribution in [2.45, 2.75) is 6.92 Å². The van der Waals surface area contributed by atoms with E-state index in [1.807, 2.05) is 36.7 Å².